The number of rotatable bonds is 11. The fourth-order valence-corrected chi connectivity index (χ4v) is 4.45. The van der Waals surface area contributed by atoms with Gasteiger partial charge in [0, 0.05) is 23.1 Å². The van der Waals surface area contributed by atoms with E-state index in [1.54, 1.807) is 43.3 Å². The Hall–Kier alpha value is -3.53. The van der Waals surface area contributed by atoms with E-state index in [1.807, 2.05) is 6.92 Å². The lowest BCUT2D eigenvalue weighted by Gasteiger charge is -2.26. The number of halogens is 1. The van der Waals surface area contributed by atoms with Crippen LogP contribution >= 0.6 is 0 Å². The van der Waals surface area contributed by atoms with Gasteiger partial charge in [-0.1, -0.05) is 6.92 Å². The average molecular weight is 525 g/mol. The van der Waals surface area contributed by atoms with Crippen molar-refractivity contribution in [2.75, 3.05) is 26.9 Å². The summed E-state index contributed by atoms with van der Waals surface area (Å²) in [6.45, 7) is 3.79. The van der Waals surface area contributed by atoms with Gasteiger partial charge < -0.3 is 30.2 Å². The Morgan fingerprint density at radius 3 is 2.61 bits per heavy atom. The predicted molar refractivity (Wildman–Crippen MR) is 140 cm³/mol. The van der Waals surface area contributed by atoms with E-state index in [1.165, 1.54) is 19.2 Å². The molecule has 1 aliphatic heterocycles. The fraction of sp³-hybridized carbons (Fsp3) is 0.379. The molecule has 1 aromatic heterocycles. The van der Waals surface area contributed by atoms with Crippen LogP contribution in [-0.2, 0) is 11.1 Å². The summed E-state index contributed by atoms with van der Waals surface area (Å²) in [5.74, 6) is 0.747. The zero-order valence-corrected chi connectivity index (χ0v) is 21.8. The van der Waals surface area contributed by atoms with Gasteiger partial charge in [-0.2, -0.15) is 0 Å². The Labute approximate surface area is 221 Å². The Kier molecular flexibility index (Phi) is 8.01. The highest BCUT2D eigenvalue weighted by Crippen LogP contribution is 2.45. The zero-order valence-electron chi connectivity index (χ0n) is 21.8. The van der Waals surface area contributed by atoms with Gasteiger partial charge in [-0.15, -0.1) is 0 Å². The molecule has 0 radical (unpaired) electrons. The Morgan fingerprint density at radius 1 is 1.21 bits per heavy atom. The van der Waals surface area contributed by atoms with Crippen molar-refractivity contribution in [1.29, 1.82) is 0 Å². The van der Waals surface area contributed by atoms with Crippen molar-refractivity contribution in [1.82, 2.24) is 4.98 Å². The van der Waals surface area contributed by atoms with Crippen LogP contribution in [0.25, 0.3) is 11.3 Å². The van der Waals surface area contributed by atoms with E-state index >= 15 is 0 Å². The van der Waals surface area contributed by atoms with Crippen molar-refractivity contribution in [3.05, 3.63) is 71.2 Å². The van der Waals surface area contributed by atoms with E-state index in [0.29, 0.717) is 46.2 Å². The van der Waals surface area contributed by atoms with Gasteiger partial charge in [0.2, 0.25) is 0 Å². The Balaban J connectivity index is 1.62. The first-order valence-electron chi connectivity index (χ1n) is 12.5. The van der Waals surface area contributed by atoms with E-state index < -0.39 is 11.1 Å². The average Bonchev–Trinajstić information content (AvgIpc) is 3.27. The lowest BCUT2D eigenvalue weighted by molar-refractivity contribution is 0.0396. The minimum Gasteiger partial charge on any atom is -0.493 e. The van der Waals surface area contributed by atoms with Crippen LogP contribution in [0.5, 0.6) is 17.2 Å². The molecule has 0 spiro atoms. The maximum absolute atomic E-state index is 13.6. The molecule has 0 bridgehead atoms. The van der Waals surface area contributed by atoms with Crippen LogP contribution in [0.4, 0.5) is 4.39 Å². The molecule has 4 rings (SSSR count). The maximum Gasteiger partial charge on any atom is 0.163 e. The highest BCUT2D eigenvalue weighted by atomic mass is 19.1. The van der Waals surface area contributed by atoms with Crippen molar-refractivity contribution in [2.45, 2.75) is 44.2 Å². The number of ether oxygens (including phenoxy) is 3. The molecule has 0 amide bonds. The number of benzene rings is 2. The molecule has 8 nitrogen and oxygen atoms in total. The Morgan fingerprint density at radius 2 is 1.95 bits per heavy atom. The summed E-state index contributed by atoms with van der Waals surface area (Å²) in [6, 6.07) is 12.4. The zero-order chi connectivity index (χ0) is 27.5. The van der Waals surface area contributed by atoms with Crippen LogP contribution in [0, 0.1) is 5.82 Å². The number of Topliss-reactive ketones (excluding diaryl/α,β-unsaturated/α-hetero) is 1. The smallest absolute Gasteiger partial charge is 0.163 e. The van der Waals surface area contributed by atoms with Gasteiger partial charge in [-0.25, -0.2) is 9.37 Å². The van der Waals surface area contributed by atoms with Crippen LogP contribution in [0.2, 0.25) is 0 Å². The summed E-state index contributed by atoms with van der Waals surface area (Å²) >= 11 is 0. The topological polar surface area (TPSA) is 124 Å². The number of ketones is 1. The van der Waals surface area contributed by atoms with E-state index in [-0.39, 0.29) is 44.3 Å². The van der Waals surface area contributed by atoms with Crippen LogP contribution < -0.4 is 19.9 Å². The third-order valence-electron chi connectivity index (χ3n) is 6.96. The summed E-state index contributed by atoms with van der Waals surface area (Å²) in [5.41, 5.74) is 6.98. The molecule has 0 fully saturated rings. The van der Waals surface area contributed by atoms with Gasteiger partial charge in [0.15, 0.2) is 23.0 Å². The molecule has 0 unspecified atom stereocenters. The van der Waals surface area contributed by atoms with Crippen LogP contribution in [0.1, 0.15) is 54.7 Å². The predicted octanol–water partition coefficient (Wildman–Crippen LogP) is 4.09. The minimum atomic E-state index is -1.47. The fourth-order valence-electron chi connectivity index (χ4n) is 4.45. The first-order chi connectivity index (χ1) is 18.1. The van der Waals surface area contributed by atoms with Crippen molar-refractivity contribution < 1.29 is 33.6 Å². The first-order valence-corrected chi connectivity index (χ1v) is 12.5. The lowest BCUT2D eigenvalue weighted by atomic mass is 9.86. The second kappa shape index (κ2) is 11.1. The summed E-state index contributed by atoms with van der Waals surface area (Å²) in [7, 11) is 1.47. The molecule has 0 saturated heterocycles. The second-order valence-corrected chi connectivity index (χ2v) is 9.67. The van der Waals surface area contributed by atoms with E-state index in [9.17, 15) is 14.3 Å². The van der Waals surface area contributed by atoms with Crippen LogP contribution in [-0.4, -0.2) is 47.9 Å². The summed E-state index contributed by atoms with van der Waals surface area (Å²) in [6.07, 6.45) is 0.735. The number of aromatic nitrogens is 1. The lowest BCUT2D eigenvalue weighted by Crippen LogP contribution is -2.37. The van der Waals surface area contributed by atoms with Crippen molar-refractivity contribution in [3.63, 3.8) is 0 Å². The number of carbonyl (C=O) groups excluding carboxylic acids is 1. The number of nitrogens with zero attached hydrogens (tertiary/aromatic N) is 1. The van der Waals surface area contributed by atoms with Crippen LogP contribution in [0.15, 0.2) is 48.5 Å². The quantitative estimate of drug-likeness (QED) is 0.321. The van der Waals surface area contributed by atoms with E-state index in [4.69, 9.17) is 30.0 Å². The normalized spacial score (nSPS) is 17.9. The maximum atomic E-state index is 13.6. The molecule has 1 aliphatic rings. The van der Waals surface area contributed by atoms with Gasteiger partial charge in [0.1, 0.15) is 30.3 Å². The number of fused-ring (bicyclic) bond motifs is 1. The third kappa shape index (κ3) is 5.50. The molecule has 202 valence electrons. The Bertz CT molecular complexity index is 1310. The SMILES string of the molecule is CC[C@]1(N)COc2c1cc([C@@](C)(O)CCC(=O)c1ccc(OCCO)c(OC)c1)nc2-c1ccc(F)cc1. The molecular weight excluding hydrogens is 491 g/mol. The summed E-state index contributed by atoms with van der Waals surface area (Å²) in [4.78, 5) is 17.7. The molecule has 9 heteroatoms. The van der Waals surface area contributed by atoms with Gasteiger partial charge >= 0.3 is 0 Å². The summed E-state index contributed by atoms with van der Waals surface area (Å²) < 4.78 is 30.3. The highest BCUT2D eigenvalue weighted by Gasteiger charge is 2.40. The number of pyridine rings is 1. The number of carbonyl (C=O) groups is 1. The van der Waals surface area contributed by atoms with Crippen molar-refractivity contribution >= 4 is 5.78 Å². The van der Waals surface area contributed by atoms with Crippen molar-refractivity contribution in [3.8, 4) is 28.5 Å². The number of nitrogens with two attached hydrogens (primary N) is 1. The largest absolute Gasteiger partial charge is 0.493 e. The number of methoxy groups -OCH3 is 1. The monoisotopic (exact) mass is 524 g/mol. The molecule has 4 N–H and O–H groups in total. The van der Waals surface area contributed by atoms with Gasteiger partial charge in [0.25, 0.3) is 0 Å². The molecule has 2 aromatic carbocycles. The third-order valence-corrected chi connectivity index (χ3v) is 6.96. The molecule has 0 aliphatic carbocycles. The van der Waals surface area contributed by atoms with Crippen molar-refractivity contribution in [2.24, 2.45) is 5.73 Å². The van der Waals surface area contributed by atoms with Gasteiger partial charge in [-0.3, -0.25) is 4.79 Å². The van der Waals surface area contributed by atoms with Crippen LogP contribution in [0.3, 0.4) is 0 Å². The standard InChI is InChI=1S/C29H33FN2O6/c1-4-29(31)17-38-27-21(29)16-25(32-26(27)18-5-8-20(30)9-6-18)28(2,35)12-11-22(34)19-7-10-23(37-14-13-33)24(15-19)36-3/h5-10,15-16,33,35H,4,11-14,17,31H2,1-3H3/t28-,29-/m0/s1. The second-order valence-electron chi connectivity index (χ2n) is 9.67. The minimum absolute atomic E-state index is 0.0374. The number of hydrogen-bond donors (Lipinski definition) is 3. The van der Waals surface area contributed by atoms with E-state index in [2.05, 4.69) is 0 Å². The van der Waals surface area contributed by atoms with Gasteiger partial charge in [0.05, 0.1) is 24.9 Å². The summed E-state index contributed by atoms with van der Waals surface area (Å²) in [5, 5.41) is 20.5. The number of hydrogen-bond acceptors (Lipinski definition) is 8. The van der Waals surface area contributed by atoms with E-state index in [0.717, 1.165) is 5.56 Å². The molecule has 2 atom stereocenters. The highest BCUT2D eigenvalue weighted by molar-refractivity contribution is 5.96. The van der Waals surface area contributed by atoms with Gasteiger partial charge in [-0.05, 0) is 68.3 Å². The molecule has 3 aromatic rings. The first kappa shape index (κ1) is 27.5. The molecule has 2 heterocycles. The number of aliphatic hydroxyl groups excluding tert-OH is 1. The molecular formula is C29H33FN2O6. The number of aliphatic hydroxyl groups is 2. The molecule has 0 saturated carbocycles. The molecule has 38 heavy (non-hydrogen) atoms.